The summed E-state index contributed by atoms with van der Waals surface area (Å²) >= 11 is 0. The summed E-state index contributed by atoms with van der Waals surface area (Å²) in [6.07, 6.45) is 1.65. The molecule has 1 aliphatic rings. The molecule has 2 nitrogen and oxygen atoms in total. The Labute approximate surface area is 93.3 Å². The summed E-state index contributed by atoms with van der Waals surface area (Å²) in [6.45, 7) is 2.07. The van der Waals surface area contributed by atoms with Crippen LogP contribution < -0.4 is 5.32 Å². The maximum absolute atomic E-state index is 13.3. The Balaban J connectivity index is 1.95. The van der Waals surface area contributed by atoms with Crippen molar-refractivity contribution >= 4 is 0 Å². The van der Waals surface area contributed by atoms with Gasteiger partial charge >= 0.3 is 0 Å². The van der Waals surface area contributed by atoms with E-state index in [4.69, 9.17) is 0 Å². The summed E-state index contributed by atoms with van der Waals surface area (Å²) in [5.74, 6) is -1.12. The van der Waals surface area contributed by atoms with Crippen LogP contribution in [0, 0.1) is 11.6 Å². The van der Waals surface area contributed by atoms with Crippen molar-refractivity contribution in [3.05, 3.63) is 35.4 Å². The minimum absolute atomic E-state index is 0.00282. The van der Waals surface area contributed by atoms with Crippen molar-refractivity contribution in [2.45, 2.75) is 38.0 Å². The van der Waals surface area contributed by atoms with Crippen LogP contribution in [0.25, 0.3) is 0 Å². The van der Waals surface area contributed by atoms with Gasteiger partial charge in [0.15, 0.2) is 0 Å². The first kappa shape index (κ1) is 11.5. The maximum atomic E-state index is 13.3. The van der Waals surface area contributed by atoms with Crippen LogP contribution in [0.4, 0.5) is 8.78 Å². The molecule has 0 aromatic heterocycles. The molecule has 1 aliphatic carbocycles. The summed E-state index contributed by atoms with van der Waals surface area (Å²) in [6, 6.07) is 3.52. The minimum atomic E-state index is -0.698. The predicted octanol–water partition coefficient (Wildman–Crippen LogP) is 1.97. The smallest absolute Gasteiger partial charge is 0.130 e. The number of rotatable bonds is 3. The molecule has 0 unspecified atom stereocenters. The summed E-state index contributed by atoms with van der Waals surface area (Å²) < 4.78 is 25.9. The molecule has 1 fully saturated rings. The van der Waals surface area contributed by atoms with Crippen LogP contribution in [-0.2, 0) is 6.54 Å². The highest BCUT2D eigenvalue weighted by Crippen LogP contribution is 2.31. The monoisotopic (exact) mass is 227 g/mol. The van der Waals surface area contributed by atoms with Gasteiger partial charge in [-0.2, -0.15) is 0 Å². The van der Waals surface area contributed by atoms with Crippen LogP contribution in [0.15, 0.2) is 18.2 Å². The zero-order chi connectivity index (χ0) is 11.8. The van der Waals surface area contributed by atoms with E-state index in [1.165, 1.54) is 12.1 Å². The first-order valence-electron chi connectivity index (χ1n) is 5.39. The molecule has 2 N–H and O–H groups in total. The Morgan fingerprint density at radius 1 is 1.50 bits per heavy atom. The number of benzene rings is 1. The Morgan fingerprint density at radius 3 is 2.75 bits per heavy atom. The van der Waals surface area contributed by atoms with Crippen LogP contribution in [0.2, 0.25) is 0 Å². The van der Waals surface area contributed by atoms with Crippen molar-refractivity contribution in [1.82, 2.24) is 5.32 Å². The van der Waals surface area contributed by atoms with E-state index in [0.29, 0.717) is 12.1 Å². The van der Waals surface area contributed by atoms with Gasteiger partial charge in [-0.1, -0.05) is 6.07 Å². The second kappa shape index (κ2) is 4.11. The molecule has 16 heavy (non-hydrogen) atoms. The molecule has 4 heteroatoms. The Bertz CT molecular complexity index is 393. The average molecular weight is 227 g/mol. The topological polar surface area (TPSA) is 32.3 Å². The highest BCUT2D eigenvalue weighted by atomic mass is 19.1. The van der Waals surface area contributed by atoms with Crippen molar-refractivity contribution in [2.75, 3.05) is 0 Å². The molecule has 0 aliphatic heterocycles. The lowest BCUT2D eigenvalue weighted by molar-refractivity contribution is -0.0524. The maximum Gasteiger partial charge on any atom is 0.130 e. The SMILES string of the molecule is C[C@]1(O)CC[C@@H]1NCc1ccc(F)cc1F. The van der Waals surface area contributed by atoms with Crippen molar-refractivity contribution in [1.29, 1.82) is 0 Å². The highest BCUT2D eigenvalue weighted by molar-refractivity contribution is 5.18. The lowest BCUT2D eigenvalue weighted by atomic mass is 9.76. The Kier molecular flexibility index (Phi) is 2.95. The standard InChI is InChI=1S/C12H15F2NO/c1-12(16)5-4-11(12)15-7-8-2-3-9(13)6-10(8)14/h2-3,6,11,15-16H,4-5,7H2,1H3/t11-,12-/m0/s1. The third kappa shape index (κ3) is 2.23. The molecule has 1 aromatic rings. The lowest BCUT2D eigenvalue weighted by Crippen LogP contribution is -2.56. The van der Waals surface area contributed by atoms with Crippen LogP contribution in [-0.4, -0.2) is 16.7 Å². The normalized spacial score (nSPS) is 28.9. The molecule has 2 rings (SSSR count). The highest BCUT2D eigenvalue weighted by Gasteiger charge is 2.40. The fraction of sp³-hybridized carbons (Fsp3) is 0.500. The van der Waals surface area contributed by atoms with E-state index >= 15 is 0 Å². The van der Waals surface area contributed by atoms with Gasteiger partial charge in [0.2, 0.25) is 0 Å². The summed E-state index contributed by atoms with van der Waals surface area (Å²) in [5.41, 5.74) is -0.277. The van der Waals surface area contributed by atoms with Gasteiger partial charge in [0, 0.05) is 24.2 Å². The van der Waals surface area contributed by atoms with E-state index < -0.39 is 17.2 Å². The molecule has 0 radical (unpaired) electrons. The lowest BCUT2D eigenvalue weighted by Gasteiger charge is -2.43. The molecule has 0 spiro atoms. The van der Waals surface area contributed by atoms with Crippen molar-refractivity contribution < 1.29 is 13.9 Å². The van der Waals surface area contributed by atoms with E-state index in [9.17, 15) is 13.9 Å². The summed E-state index contributed by atoms with van der Waals surface area (Å²) in [4.78, 5) is 0. The number of aliphatic hydroxyl groups is 1. The van der Waals surface area contributed by atoms with Gasteiger partial charge in [-0.05, 0) is 25.8 Å². The zero-order valence-electron chi connectivity index (χ0n) is 9.13. The first-order valence-corrected chi connectivity index (χ1v) is 5.39. The molecule has 1 aromatic carbocycles. The third-order valence-electron chi connectivity index (χ3n) is 3.24. The van der Waals surface area contributed by atoms with Crippen LogP contribution >= 0.6 is 0 Å². The quantitative estimate of drug-likeness (QED) is 0.827. The van der Waals surface area contributed by atoms with E-state index in [-0.39, 0.29) is 6.04 Å². The van der Waals surface area contributed by atoms with E-state index in [1.54, 1.807) is 6.92 Å². The number of hydrogen-bond acceptors (Lipinski definition) is 2. The molecule has 0 bridgehead atoms. The van der Waals surface area contributed by atoms with Gasteiger partial charge in [0.05, 0.1) is 5.60 Å². The summed E-state index contributed by atoms with van der Waals surface area (Å²) in [5, 5.41) is 12.8. The number of hydrogen-bond donors (Lipinski definition) is 2. The molecule has 1 saturated carbocycles. The van der Waals surface area contributed by atoms with Gasteiger partial charge in [0.25, 0.3) is 0 Å². The second-order valence-corrected chi connectivity index (χ2v) is 4.57. The summed E-state index contributed by atoms with van der Waals surface area (Å²) in [7, 11) is 0. The van der Waals surface area contributed by atoms with Gasteiger partial charge in [-0.25, -0.2) is 8.78 Å². The number of halogens is 2. The molecule has 2 atom stereocenters. The Hall–Kier alpha value is -1.00. The molecule has 0 heterocycles. The molecule has 0 amide bonds. The van der Waals surface area contributed by atoms with Crippen LogP contribution in [0.1, 0.15) is 25.3 Å². The largest absolute Gasteiger partial charge is 0.389 e. The molecular formula is C12H15F2NO. The fourth-order valence-corrected chi connectivity index (χ4v) is 1.93. The van der Waals surface area contributed by atoms with Crippen LogP contribution in [0.5, 0.6) is 0 Å². The number of nitrogens with one attached hydrogen (secondary N) is 1. The van der Waals surface area contributed by atoms with Gasteiger partial charge in [-0.15, -0.1) is 0 Å². The second-order valence-electron chi connectivity index (χ2n) is 4.57. The average Bonchev–Trinajstić information content (AvgIpc) is 2.20. The van der Waals surface area contributed by atoms with Gasteiger partial charge in [-0.3, -0.25) is 0 Å². The van der Waals surface area contributed by atoms with E-state index in [2.05, 4.69) is 5.32 Å². The Morgan fingerprint density at radius 2 is 2.25 bits per heavy atom. The van der Waals surface area contributed by atoms with Crippen molar-refractivity contribution in [3.8, 4) is 0 Å². The predicted molar refractivity (Wildman–Crippen MR) is 56.8 cm³/mol. The van der Waals surface area contributed by atoms with E-state index in [1.807, 2.05) is 0 Å². The molecular weight excluding hydrogens is 212 g/mol. The van der Waals surface area contributed by atoms with Crippen molar-refractivity contribution in [3.63, 3.8) is 0 Å². The fourth-order valence-electron chi connectivity index (χ4n) is 1.93. The first-order chi connectivity index (χ1) is 7.49. The zero-order valence-corrected chi connectivity index (χ0v) is 9.13. The third-order valence-corrected chi connectivity index (χ3v) is 3.24. The molecule has 88 valence electrons. The van der Waals surface area contributed by atoms with Crippen LogP contribution in [0.3, 0.4) is 0 Å². The minimum Gasteiger partial charge on any atom is -0.389 e. The van der Waals surface area contributed by atoms with Gasteiger partial charge in [0.1, 0.15) is 11.6 Å². The van der Waals surface area contributed by atoms with Gasteiger partial charge < -0.3 is 10.4 Å². The molecule has 0 saturated heterocycles. The van der Waals surface area contributed by atoms with Crippen molar-refractivity contribution in [2.24, 2.45) is 0 Å². The van der Waals surface area contributed by atoms with E-state index in [0.717, 1.165) is 18.9 Å².